The maximum absolute atomic E-state index is 10.5. The minimum absolute atomic E-state index is 0.0328. The summed E-state index contributed by atoms with van der Waals surface area (Å²) < 4.78 is 16.3. The second-order valence-corrected chi connectivity index (χ2v) is 5.73. The number of phenolic OH excluding ortho intramolecular Hbond substituents is 1. The van der Waals surface area contributed by atoms with E-state index in [0.717, 1.165) is 24.2 Å². The molecule has 0 aromatic heterocycles. The van der Waals surface area contributed by atoms with Gasteiger partial charge in [0.2, 0.25) is 6.79 Å². The van der Waals surface area contributed by atoms with Crippen molar-refractivity contribution in [1.29, 1.82) is 0 Å². The van der Waals surface area contributed by atoms with Crippen LogP contribution in [0, 0.1) is 0 Å². The topological polar surface area (TPSA) is 51.2 Å². The zero-order valence-electron chi connectivity index (χ0n) is 12.8. The Hall–Kier alpha value is -2.24. The fraction of sp³-hybridized carbons (Fsp3) is 0.333. The van der Waals surface area contributed by atoms with Crippen LogP contribution in [0.3, 0.4) is 0 Å². The number of aromatic hydroxyl groups is 1. The largest absolute Gasteiger partial charge is 0.507 e. The maximum Gasteiger partial charge on any atom is 0.231 e. The van der Waals surface area contributed by atoms with Gasteiger partial charge in [-0.2, -0.15) is 0 Å². The first kappa shape index (κ1) is 14.4. The van der Waals surface area contributed by atoms with Crippen LogP contribution in [0.2, 0.25) is 0 Å². The third-order valence-corrected chi connectivity index (χ3v) is 4.34. The molecule has 1 fully saturated rings. The predicted octanol–water partition coefficient (Wildman–Crippen LogP) is 2.54. The molecule has 2 heterocycles. The average Bonchev–Trinajstić information content (AvgIpc) is 3.04. The van der Waals surface area contributed by atoms with Crippen molar-refractivity contribution in [2.45, 2.75) is 6.04 Å². The summed E-state index contributed by atoms with van der Waals surface area (Å²) in [5.74, 6) is 1.52. The van der Waals surface area contributed by atoms with Crippen molar-refractivity contribution in [2.75, 3.05) is 33.1 Å². The van der Waals surface area contributed by atoms with Gasteiger partial charge in [-0.1, -0.05) is 30.3 Å². The number of phenols is 1. The van der Waals surface area contributed by atoms with Crippen LogP contribution in [0.15, 0.2) is 42.5 Å². The Morgan fingerprint density at radius 3 is 2.39 bits per heavy atom. The van der Waals surface area contributed by atoms with Crippen molar-refractivity contribution in [3.8, 4) is 17.2 Å². The van der Waals surface area contributed by atoms with Crippen LogP contribution in [0.5, 0.6) is 17.2 Å². The summed E-state index contributed by atoms with van der Waals surface area (Å²) in [6, 6.07) is 13.7. The fourth-order valence-corrected chi connectivity index (χ4v) is 3.22. The lowest BCUT2D eigenvalue weighted by Crippen LogP contribution is -2.39. The first-order valence-corrected chi connectivity index (χ1v) is 7.82. The fourth-order valence-electron chi connectivity index (χ4n) is 3.22. The minimum atomic E-state index is -0.0328. The molecule has 0 amide bonds. The first-order valence-electron chi connectivity index (χ1n) is 7.82. The molecule has 0 spiro atoms. The molecule has 0 saturated carbocycles. The van der Waals surface area contributed by atoms with E-state index in [9.17, 15) is 5.11 Å². The molecule has 0 radical (unpaired) electrons. The molecule has 5 nitrogen and oxygen atoms in total. The van der Waals surface area contributed by atoms with Gasteiger partial charge in [-0.3, -0.25) is 4.90 Å². The van der Waals surface area contributed by atoms with Gasteiger partial charge in [0.25, 0.3) is 0 Å². The quantitative estimate of drug-likeness (QED) is 0.944. The third-order valence-electron chi connectivity index (χ3n) is 4.34. The van der Waals surface area contributed by atoms with E-state index in [1.165, 1.54) is 0 Å². The van der Waals surface area contributed by atoms with Crippen molar-refractivity contribution in [2.24, 2.45) is 0 Å². The summed E-state index contributed by atoms with van der Waals surface area (Å²) in [4.78, 5) is 2.33. The number of morpholine rings is 1. The lowest BCUT2D eigenvalue weighted by Gasteiger charge is -2.35. The van der Waals surface area contributed by atoms with Crippen LogP contribution in [0.1, 0.15) is 17.2 Å². The highest BCUT2D eigenvalue weighted by Crippen LogP contribution is 2.43. The summed E-state index contributed by atoms with van der Waals surface area (Å²) in [5.41, 5.74) is 1.98. The van der Waals surface area contributed by atoms with Gasteiger partial charge in [0.05, 0.1) is 19.3 Å². The van der Waals surface area contributed by atoms with Crippen molar-refractivity contribution in [3.63, 3.8) is 0 Å². The molecule has 2 aromatic carbocycles. The van der Waals surface area contributed by atoms with Gasteiger partial charge in [-0.15, -0.1) is 0 Å². The lowest BCUT2D eigenvalue weighted by atomic mass is 9.95. The Morgan fingerprint density at radius 1 is 0.957 bits per heavy atom. The smallest absolute Gasteiger partial charge is 0.231 e. The van der Waals surface area contributed by atoms with Crippen LogP contribution in [0.4, 0.5) is 0 Å². The maximum atomic E-state index is 10.5. The molecule has 1 N–H and O–H groups in total. The molecule has 0 unspecified atom stereocenters. The predicted molar refractivity (Wildman–Crippen MR) is 84.9 cm³/mol. The van der Waals surface area contributed by atoms with E-state index >= 15 is 0 Å². The Kier molecular flexibility index (Phi) is 3.81. The summed E-state index contributed by atoms with van der Waals surface area (Å²) >= 11 is 0. The number of ether oxygens (including phenoxy) is 3. The van der Waals surface area contributed by atoms with Crippen LogP contribution in [-0.2, 0) is 4.74 Å². The Balaban J connectivity index is 1.79. The molecule has 2 aliphatic heterocycles. The molecule has 0 bridgehead atoms. The van der Waals surface area contributed by atoms with Gasteiger partial charge in [0.1, 0.15) is 5.75 Å². The highest BCUT2D eigenvalue weighted by atomic mass is 16.7. The van der Waals surface area contributed by atoms with Crippen LogP contribution in [-0.4, -0.2) is 43.1 Å². The molecule has 4 rings (SSSR count). The van der Waals surface area contributed by atoms with E-state index in [1.54, 1.807) is 6.07 Å². The number of hydrogen-bond donors (Lipinski definition) is 1. The summed E-state index contributed by atoms with van der Waals surface area (Å²) in [6.07, 6.45) is 0. The first-order chi connectivity index (χ1) is 11.3. The number of fused-ring (bicyclic) bond motifs is 1. The van der Waals surface area contributed by atoms with Gasteiger partial charge in [-0.25, -0.2) is 0 Å². The molecule has 5 heteroatoms. The number of rotatable bonds is 3. The van der Waals surface area contributed by atoms with Crippen molar-refractivity contribution in [3.05, 3.63) is 53.6 Å². The van der Waals surface area contributed by atoms with E-state index in [1.807, 2.05) is 24.3 Å². The van der Waals surface area contributed by atoms with Crippen molar-refractivity contribution in [1.82, 2.24) is 4.90 Å². The van der Waals surface area contributed by atoms with Gasteiger partial charge in [-0.05, 0) is 11.6 Å². The van der Waals surface area contributed by atoms with E-state index in [2.05, 4.69) is 17.0 Å². The van der Waals surface area contributed by atoms with Crippen LogP contribution < -0.4 is 9.47 Å². The standard InChI is InChI=1S/C18H19NO4/c20-15-11-17-16(22-12-23-17)10-14(15)18(13-4-2-1-3-5-13)19-6-8-21-9-7-19/h1-5,10-11,18,20H,6-9,12H2/t18-/m1/s1. The molecule has 23 heavy (non-hydrogen) atoms. The minimum Gasteiger partial charge on any atom is -0.507 e. The molecule has 120 valence electrons. The second kappa shape index (κ2) is 6.10. The molecule has 1 atom stereocenters. The third kappa shape index (κ3) is 2.73. The average molecular weight is 313 g/mol. The Labute approximate surface area is 135 Å². The zero-order chi connectivity index (χ0) is 15.6. The van der Waals surface area contributed by atoms with Gasteiger partial charge in [0.15, 0.2) is 11.5 Å². The van der Waals surface area contributed by atoms with Gasteiger partial charge < -0.3 is 19.3 Å². The molecule has 2 aliphatic rings. The summed E-state index contributed by atoms with van der Waals surface area (Å²) in [7, 11) is 0. The highest BCUT2D eigenvalue weighted by molar-refractivity contribution is 5.54. The molecular formula is C18H19NO4. The Bertz CT molecular complexity index is 683. The Morgan fingerprint density at radius 2 is 1.65 bits per heavy atom. The van der Waals surface area contributed by atoms with Gasteiger partial charge >= 0.3 is 0 Å². The summed E-state index contributed by atoms with van der Waals surface area (Å²) in [5, 5.41) is 10.5. The van der Waals surface area contributed by atoms with E-state index < -0.39 is 0 Å². The number of nitrogens with zero attached hydrogens (tertiary/aromatic N) is 1. The monoisotopic (exact) mass is 313 g/mol. The van der Waals surface area contributed by atoms with Crippen molar-refractivity contribution >= 4 is 0 Å². The van der Waals surface area contributed by atoms with Crippen LogP contribution in [0.25, 0.3) is 0 Å². The van der Waals surface area contributed by atoms with Crippen molar-refractivity contribution < 1.29 is 19.3 Å². The molecular weight excluding hydrogens is 294 g/mol. The van der Waals surface area contributed by atoms with E-state index in [4.69, 9.17) is 14.2 Å². The van der Waals surface area contributed by atoms with E-state index in [0.29, 0.717) is 24.7 Å². The molecule has 2 aromatic rings. The highest BCUT2D eigenvalue weighted by Gasteiger charge is 2.29. The summed E-state index contributed by atoms with van der Waals surface area (Å²) in [6.45, 7) is 3.26. The zero-order valence-corrected chi connectivity index (χ0v) is 12.8. The number of benzene rings is 2. The number of hydrogen-bond acceptors (Lipinski definition) is 5. The SMILES string of the molecule is Oc1cc2c(cc1[C@@H](c1ccccc1)N1CCOCC1)OCO2. The van der Waals surface area contributed by atoms with Gasteiger partial charge in [0, 0.05) is 24.7 Å². The van der Waals surface area contributed by atoms with E-state index in [-0.39, 0.29) is 18.6 Å². The normalized spacial score (nSPS) is 18.8. The van der Waals surface area contributed by atoms with Crippen LogP contribution >= 0.6 is 0 Å². The molecule has 1 saturated heterocycles. The molecule has 0 aliphatic carbocycles. The lowest BCUT2D eigenvalue weighted by molar-refractivity contribution is 0.0235. The second-order valence-electron chi connectivity index (χ2n) is 5.73.